The number of benzene rings is 2. The highest BCUT2D eigenvalue weighted by Crippen LogP contribution is 2.21. The predicted molar refractivity (Wildman–Crippen MR) is 99.0 cm³/mol. The molecule has 0 unspecified atom stereocenters. The molecule has 2 aromatic rings. The predicted octanol–water partition coefficient (Wildman–Crippen LogP) is 2.92. The summed E-state index contributed by atoms with van der Waals surface area (Å²) in [5.74, 6) is -0.519. The van der Waals surface area contributed by atoms with Gasteiger partial charge in [-0.15, -0.1) is 0 Å². The van der Waals surface area contributed by atoms with Crippen LogP contribution < -0.4 is 15.4 Å². The molecule has 5 heteroatoms. The summed E-state index contributed by atoms with van der Waals surface area (Å²) in [6, 6.07) is 11.6. The zero-order valence-corrected chi connectivity index (χ0v) is 15.1. The third-order valence-electron chi connectivity index (χ3n) is 3.96. The van der Waals surface area contributed by atoms with Crippen molar-refractivity contribution in [3.8, 4) is 5.75 Å². The fraction of sp³-hybridized carbons (Fsp3) is 0.300. The molecule has 25 heavy (non-hydrogen) atoms. The summed E-state index contributed by atoms with van der Waals surface area (Å²) in [6.07, 6.45) is 0.624. The average molecular weight is 340 g/mol. The molecule has 0 fully saturated rings. The molecule has 0 saturated carbocycles. The number of amides is 2. The van der Waals surface area contributed by atoms with E-state index in [0.29, 0.717) is 18.7 Å². The maximum Gasteiger partial charge on any atom is 0.313 e. The summed E-state index contributed by atoms with van der Waals surface area (Å²) in [6.45, 7) is 6.20. The summed E-state index contributed by atoms with van der Waals surface area (Å²) < 4.78 is 5.17. The Morgan fingerprint density at radius 3 is 2.32 bits per heavy atom. The van der Waals surface area contributed by atoms with E-state index in [1.165, 1.54) is 0 Å². The second-order valence-electron chi connectivity index (χ2n) is 6.09. The van der Waals surface area contributed by atoms with Crippen molar-refractivity contribution in [3.05, 3.63) is 58.7 Å². The summed E-state index contributed by atoms with van der Waals surface area (Å²) in [7, 11) is 1.61. The molecule has 0 aromatic heterocycles. The number of anilines is 1. The lowest BCUT2D eigenvalue weighted by atomic mass is 10.1. The Hall–Kier alpha value is -2.82. The van der Waals surface area contributed by atoms with Gasteiger partial charge < -0.3 is 15.4 Å². The van der Waals surface area contributed by atoms with Gasteiger partial charge in [-0.25, -0.2) is 0 Å². The largest absolute Gasteiger partial charge is 0.497 e. The van der Waals surface area contributed by atoms with Crippen LogP contribution in [0.5, 0.6) is 5.75 Å². The highest BCUT2D eigenvalue weighted by atomic mass is 16.5. The van der Waals surface area contributed by atoms with Gasteiger partial charge in [0.05, 0.1) is 7.11 Å². The van der Waals surface area contributed by atoms with Gasteiger partial charge in [-0.1, -0.05) is 29.8 Å². The second-order valence-corrected chi connectivity index (χ2v) is 6.09. The summed E-state index contributed by atoms with van der Waals surface area (Å²) in [4.78, 5) is 24.1. The number of carbonyl (C=O) groups excluding carboxylic acids is 2. The molecule has 2 rings (SSSR count). The van der Waals surface area contributed by atoms with Gasteiger partial charge in [0.1, 0.15) is 5.75 Å². The van der Waals surface area contributed by atoms with Crippen molar-refractivity contribution in [2.24, 2.45) is 0 Å². The van der Waals surface area contributed by atoms with Crippen molar-refractivity contribution in [2.45, 2.75) is 27.2 Å². The van der Waals surface area contributed by atoms with Crippen LogP contribution >= 0.6 is 0 Å². The molecular weight excluding hydrogens is 316 g/mol. The van der Waals surface area contributed by atoms with Gasteiger partial charge in [-0.3, -0.25) is 9.59 Å². The Morgan fingerprint density at radius 2 is 1.68 bits per heavy atom. The number of hydrogen-bond donors (Lipinski definition) is 2. The molecule has 2 N–H and O–H groups in total. The zero-order valence-electron chi connectivity index (χ0n) is 15.1. The molecule has 0 bridgehead atoms. The summed E-state index contributed by atoms with van der Waals surface area (Å²) in [5.41, 5.74) is 4.73. The molecule has 5 nitrogen and oxygen atoms in total. The van der Waals surface area contributed by atoms with Gasteiger partial charge in [-0.2, -0.15) is 0 Å². The van der Waals surface area contributed by atoms with Crippen LogP contribution in [0.15, 0.2) is 36.4 Å². The van der Waals surface area contributed by atoms with Crippen LogP contribution in [0.25, 0.3) is 0 Å². The zero-order chi connectivity index (χ0) is 18.4. The smallest absolute Gasteiger partial charge is 0.313 e. The molecule has 0 aliphatic rings. The summed E-state index contributed by atoms with van der Waals surface area (Å²) >= 11 is 0. The number of hydrogen-bond acceptors (Lipinski definition) is 3. The lowest BCUT2D eigenvalue weighted by molar-refractivity contribution is -0.136. The molecule has 0 saturated heterocycles. The van der Waals surface area contributed by atoms with Crippen LogP contribution in [0.2, 0.25) is 0 Å². The van der Waals surface area contributed by atoms with Gasteiger partial charge >= 0.3 is 11.8 Å². The van der Waals surface area contributed by atoms with Gasteiger partial charge in [-0.05, 0) is 56.0 Å². The van der Waals surface area contributed by atoms with Crippen molar-refractivity contribution in [2.75, 3.05) is 19.0 Å². The van der Waals surface area contributed by atoms with Crippen molar-refractivity contribution in [3.63, 3.8) is 0 Å². The van der Waals surface area contributed by atoms with Crippen LogP contribution in [-0.4, -0.2) is 25.5 Å². The summed E-state index contributed by atoms with van der Waals surface area (Å²) in [5, 5.41) is 5.35. The van der Waals surface area contributed by atoms with E-state index in [0.717, 1.165) is 28.0 Å². The fourth-order valence-corrected chi connectivity index (χ4v) is 2.78. The van der Waals surface area contributed by atoms with E-state index in [1.54, 1.807) is 7.11 Å². The van der Waals surface area contributed by atoms with Crippen molar-refractivity contribution in [1.29, 1.82) is 0 Å². The third kappa shape index (κ3) is 5.08. The second kappa shape index (κ2) is 8.33. The molecule has 0 radical (unpaired) electrons. The Balaban J connectivity index is 1.89. The Kier molecular flexibility index (Phi) is 6.17. The first-order valence-electron chi connectivity index (χ1n) is 8.20. The fourth-order valence-electron chi connectivity index (χ4n) is 2.78. The maximum absolute atomic E-state index is 12.1. The first-order valence-corrected chi connectivity index (χ1v) is 8.20. The molecule has 132 valence electrons. The van der Waals surface area contributed by atoms with Crippen LogP contribution in [-0.2, 0) is 16.0 Å². The average Bonchev–Trinajstić information content (AvgIpc) is 2.58. The van der Waals surface area contributed by atoms with Crippen LogP contribution in [0.3, 0.4) is 0 Å². The van der Waals surface area contributed by atoms with E-state index in [2.05, 4.69) is 10.6 Å². The number of rotatable bonds is 5. The topological polar surface area (TPSA) is 67.4 Å². The van der Waals surface area contributed by atoms with E-state index in [-0.39, 0.29) is 0 Å². The minimum Gasteiger partial charge on any atom is -0.497 e. The number of ether oxygens (including phenoxy) is 1. The van der Waals surface area contributed by atoms with Gasteiger partial charge in [0.15, 0.2) is 0 Å². The van der Waals surface area contributed by atoms with Crippen molar-refractivity contribution in [1.82, 2.24) is 5.32 Å². The highest BCUT2D eigenvalue weighted by molar-refractivity contribution is 6.39. The quantitative estimate of drug-likeness (QED) is 0.823. The minimum absolute atomic E-state index is 0.380. The monoisotopic (exact) mass is 340 g/mol. The number of carbonyl (C=O) groups is 2. The van der Waals surface area contributed by atoms with E-state index >= 15 is 0 Å². The molecule has 2 aromatic carbocycles. The first kappa shape index (κ1) is 18.5. The number of aryl methyl sites for hydroxylation is 3. The lowest BCUT2D eigenvalue weighted by Crippen LogP contribution is -2.36. The minimum atomic E-state index is -0.652. The lowest BCUT2D eigenvalue weighted by Gasteiger charge is -2.13. The van der Waals surface area contributed by atoms with Gasteiger partial charge in [0.25, 0.3) is 0 Å². The Labute approximate surface area is 148 Å². The van der Waals surface area contributed by atoms with E-state index in [1.807, 2.05) is 57.2 Å². The van der Waals surface area contributed by atoms with E-state index < -0.39 is 11.8 Å². The Bertz CT molecular complexity index is 761. The molecule has 0 aliphatic carbocycles. The van der Waals surface area contributed by atoms with Gasteiger partial charge in [0.2, 0.25) is 0 Å². The van der Waals surface area contributed by atoms with Crippen molar-refractivity contribution < 1.29 is 14.3 Å². The normalized spacial score (nSPS) is 10.2. The van der Waals surface area contributed by atoms with Crippen molar-refractivity contribution >= 4 is 17.5 Å². The standard InChI is InChI=1S/C20H24N2O3/c1-13-10-14(2)18(15(3)11-13)22-20(24)19(23)21-9-8-16-6-5-7-17(12-16)25-4/h5-7,10-12H,8-9H2,1-4H3,(H,21,23)(H,22,24). The molecular formula is C20H24N2O3. The molecule has 0 heterocycles. The first-order chi connectivity index (χ1) is 11.9. The van der Waals surface area contributed by atoms with Gasteiger partial charge in [0, 0.05) is 12.2 Å². The number of methoxy groups -OCH3 is 1. The van der Waals surface area contributed by atoms with Crippen LogP contribution in [0.1, 0.15) is 22.3 Å². The third-order valence-corrected chi connectivity index (χ3v) is 3.96. The molecule has 0 aliphatic heterocycles. The highest BCUT2D eigenvalue weighted by Gasteiger charge is 2.15. The number of nitrogens with one attached hydrogen (secondary N) is 2. The molecule has 0 atom stereocenters. The van der Waals surface area contributed by atoms with E-state index in [4.69, 9.17) is 4.74 Å². The van der Waals surface area contributed by atoms with Crippen LogP contribution in [0, 0.1) is 20.8 Å². The SMILES string of the molecule is COc1cccc(CCNC(=O)C(=O)Nc2c(C)cc(C)cc2C)c1. The van der Waals surface area contributed by atoms with Crippen LogP contribution in [0.4, 0.5) is 5.69 Å². The maximum atomic E-state index is 12.1. The molecule has 0 spiro atoms. The van der Waals surface area contributed by atoms with E-state index in [9.17, 15) is 9.59 Å². The Morgan fingerprint density at radius 1 is 1.00 bits per heavy atom. The molecule has 2 amide bonds.